The quantitative estimate of drug-likeness (QED) is 0.775. The van der Waals surface area contributed by atoms with Crippen LogP contribution in [0.5, 0.6) is 0 Å². The third kappa shape index (κ3) is 2.47. The Balaban J connectivity index is 2.03. The molecule has 1 unspecified atom stereocenters. The topological polar surface area (TPSA) is 33.2 Å². The Morgan fingerprint density at radius 3 is 2.94 bits per heavy atom. The first kappa shape index (κ1) is 11.3. The molecular formula is C13H18N2O. The third-order valence-corrected chi connectivity index (χ3v) is 3.21. The number of aromatic nitrogens is 1. The van der Waals surface area contributed by atoms with Crippen molar-refractivity contribution in [1.82, 2.24) is 9.88 Å². The van der Waals surface area contributed by atoms with Gasteiger partial charge in [0.2, 0.25) is 0 Å². The molecule has 1 aliphatic carbocycles. The van der Waals surface area contributed by atoms with Crippen LogP contribution in [0.2, 0.25) is 0 Å². The molecule has 1 aromatic rings. The van der Waals surface area contributed by atoms with Gasteiger partial charge in [0, 0.05) is 19.2 Å². The Bertz CT molecular complexity index is 350. The van der Waals surface area contributed by atoms with Gasteiger partial charge in [-0.3, -0.25) is 14.7 Å². The van der Waals surface area contributed by atoms with Crippen molar-refractivity contribution < 1.29 is 4.79 Å². The van der Waals surface area contributed by atoms with E-state index in [-0.39, 0.29) is 6.04 Å². The number of hydrogen-bond donors (Lipinski definition) is 0. The summed E-state index contributed by atoms with van der Waals surface area (Å²) in [5.41, 5.74) is 1.05. The molecule has 1 heterocycles. The normalized spacial score (nSPS) is 20.6. The lowest BCUT2D eigenvalue weighted by atomic mass is 10.2. The average molecular weight is 218 g/mol. The number of rotatable bonds is 4. The van der Waals surface area contributed by atoms with Gasteiger partial charge in [-0.05, 0) is 31.5 Å². The number of ketones is 1. The van der Waals surface area contributed by atoms with Gasteiger partial charge in [-0.2, -0.15) is 0 Å². The first-order valence-corrected chi connectivity index (χ1v) is 5.98. The van der Waals surface area contributed by atoms with E-state index in [0.29, 0.717) is 5.78 Å². The summed E-state index contributed by atoms with van der Waals surface area (Å²) in [6.07, 6.45) is 4.62. The molecule has 1 aliphatic rings. The Kier molecular flexibility index (Phi) is 3.67. The number of pyridine rings is 1. The number of Topliss-reactive ketones (excluding diaryl/α,β-unsaturated/α-hetero) is 1. The van der Waals surface area contributed by atoms with E-state index in [2.05, 4.69) is 16.8 Å². The van der Waals surface area contributed by atoms with Crippen LogP contribution < -0.4 is 0 Å². The van der Waals surface area contributed by atoms with Crippen molar-refractivity contribution >= 4 is 5.78 Å². The third-order valence-electron chi connectivity index (χ3n) is 3.21. The lowest BCUT2D eigenvalue weighted by Crippen LogP contribution is -2.37. The van der Waals surface area contributed by atoms with E-state index < -0.39 is 0 Å². The second kappa shape index (κ2) is 5.21. The maximum Gasteiger partial charge on any atom is 0.149 e. The Morgan fingerprint density at radius 1 is 1.50 bits per heavy atom. The molecule has 2 rings (SSSR count). The lowest BCUT2D eigenvalue weighted by Gasteiger charge is -2.25. The summed E-state index contributed by atoms with van der Waals surface area (Å²) in [6.45, 7) is 3.80. The Hall–Kier alpha value is -1.22. The van der Waals surface area contributed by atoms with Crippen molar-refractivity contribution in [2.24, 2.45) is 0 Å². The zero-order chi connectivity index (χ0) is 11.4. The molecule has 3 nitrogen and oxygen atoms in total. The fourth-order valence-electron chi connectivity index (χ4n) is 2.33. The van der Waals surface area contributed by atoms with Crippen LogP contribution in [0.25, 0.3) is 0 Å². The minimum atomic E-state index is 0.131. The molecule has 0 radical (unpaired) electrons. The van der Waals surface area contributed by atoms with Crippen molar-refractivity contribution in [3.8, 4) is 0 Å². The Morgan fingerprint density at radius 2 is 2.38 bits per heavy atom. The second-order valence-corrected chi connectivity index (χ2v) is 4.26. The molecule has 3 heteroatoms. The number of hydrogen-bond acceptors (Lipinski definition) is 3. The van der Waals surface area contributed by atoms with Gasteiger partial charge in [0.15, 0.2) is 0 Å². The van der Waals surface area contributed by atoms with Gasteiger partial charge in [-0.1, -0.05) is 13.0 Å². The number of nitrogens with zero attached hydrogens (tertiary/aromatic N) is 2. The van der Waals surface area contributed by atoms with E-state index in [1.165, 1.54) is 0 Å². The first-order chi connectivity index (χ1) is 7.81. The molecule has 0 aromatic carbocycles. The van der Waals surface area contributed by atoms with Gasteiger partial charge in [-0.15, -0.1) is 0 Å². The highest BCUT2D eigenvalue weighted by molar-refractivity contribution is 5.85. The van der Waals surface area contributed by atoms with Crippen LogP contribution in [-0.2, 0) is 11.3 Å². The minimum Gasteiger partial charge on any atom is -0.298 e. The molecule has 0 saturated heterocycles. The van der Waals surface area contributed by atoms with E-state index in [9.17, 15) is 4.79 Å². The lowest BCUT2D eigenvalue weighted by molar-refractivity contribution is -0.122. The molecular weight excluding hydrogens is 200 g/mol. The van der Waals surface area contributed by atoms with Crippen LogP contribution in [0.4, 0.5) is 0 Å². The van der Waals surface area contributed by atoms with Crippen LogP contribution in [0.3, 0.4) is 0 Å². The molecule has 1 atom stereocenters. The summed E-state index contributed by atoms with van der Waals surface area (Å²) in [5, 5.41) is 0. The van der Waals surface area contributed by atoms with Crippen molar-refractivity contribution in [2.45, 2.75) is 38.8 Å². The molecule has 0 spiro atoms. The second-order valence-electron chi connectivity index (χ2n) is 4.26. The van der Waals surface area contributed by atoms with Crippen molar-refractivity contribution in [3.63, 3.8) is 0 Å². The van der Waals surface area contributed by atoms with Gasteiger partial charge in [-0.25, -0.2) is 0 Å². The summed E-state index contributed by atoms with van der Waals surface area (Å²) >= 11 is 0. The number of carbonyl (C=O) groups excluding carboxylic acids is 1. The summed E-state index contributed by atoms with van der Waals surface area (Å²) < 4.78 is 0. The monoisotopic (exact) mass is 218 g/mol. The van der Waals surface area contributed by atoms with Crippen LogP contribution in [0.1, 0.15) is 31.9 Å². The molecule has 0 amide bonds. The molecule has 1 aromatic heterocycles. The van der Waals surface area contributed by atoms with Crippen LogP contribution >= 0.6 is 0 Å². The molecule has 1 fully saturated rings. The van der Waals surface area contributed by atoms with E-state index in [1.807, 2.05) is 18.2 Å². The average Bonchev–Trinajstić information content (AvgIpc) is 2.74. The standard InChI is InChI=1S/C13H18N2O/c1-2-15(12-7-5-8-13(12)16)10-11-6-3-4-9-14-11/h3-4,6,9,12H,2,5,7-8,10H2,1H3. The Labute approximate surface area is 96.5 Å². The maximum atomic E-state index is 11.7. The predicted octanol–water partition coefficient (Wildman–Crippen LogP) is 2.03. The van der Waals surface area contributed by atoms with Crippen LogP contribution in [0.15, 0.2) is 24.4 Å². The molecule has 16 heavy (non-hydrogen) atoms. The largest absolute Gasteiger partial charge is 0.298 e. The summed E-state index contributed by atoms with van der Waals surface area (Å²) in [7, 11) is 0. The summed E-state index contributed by atoms with van der Waals surface area (Å²) in [4.78, 5) is 18.2. The fraction of sp³-hybridized carbons (Fsp3) is 0.538. The van der Waals surface area contributed by atoms with Gasteiger partial charge >= 0.3 is 0 Å². The van der Waals surface area contributed by atoms with E-state index >= 15 is 0 Å². The number of likely N-dealkylation sites (N-methyl/N-ethyl adjacent to an activating group) is 1. The van der Waals surface area contributed by atoms with Gasteiger partial charge in [0.05, 0.1) is 11.7 Å². The molecule has 0 bridgehead atoms. The van der Waals surface area contributed by atoms with E-state index in [0.717, 1.165) is 38.0 Å². The highest BCUT2D eigenvalue weighted by atomic mass is 16.1. The predicted molar refractivity (Wildman–Crippen MR) is 63.0 cm³/mol. The van der Waals surface area contributed by atoms with Crippen LogP contribution in [-0.4, -0.2) is 28.3 Å². The smallest absolute Gasteiger partial charge is 0.149 e. The number of carbonyl (C=O) groups is 1. The summed E-state index contributed by atoms with van der Waals surface area (Å²) in [6, 6.07) is 6.06. The van der Waals surface area contributed by atoms with E-state index in [1.54, 1.807) is 6.20 Å². The fourth-order valence-corrected chi connectivity index (χ4v) is 2.33. The SMILES string of the molecule is CCN(Cc1ccccn1)C1CCCC1=O. The highest BCUT2D eigenvalue weighted by Gasteiger charge is 2.29. The molecule has 0 aliphatic heterocycles. The minimum absolute atomic E-state index is 0.131. The molecule has 1 saturated carbocycles. The molecule has 86 valence electrons. The van der Waals surface area contributed by atoms with E-state index in [4.69, 9.17) is 0 Å². The van der Waals surface area contributed by atoms with Crippen LogP contribution in [0, 0.1) is 0 Å². The van der Waals surface area contributed by atoms with Crippen molar-refractivity contribution in [2.75, 3.05) is 6.54 Å². The highest BCUT2D eigenvalue weighted by Crippen LogP contribution is 2.21. The van der Waals surface area contributed by atoms with Crippen molar-refractivity contribution in [1.29, 1.82) is 0 Å². The molecule has 0 N–H and O–H groups in total. The zero-order valence-electron chi connectivity index (χ0n) is 9.72. The van der Waals surface area contributed by atoms with Gasteiger partial charge in [0.1, 0.15) is 5.78 Å². The maximum absolute atomic E-state index is 11.7. The van der Waals surface area contributed by atoms with Crippen molar-refractivity contribution in [3.05, 3.63) is 30.1 Å². The van der Waals surface area contributed by atoms with Gasteiger partial charge in [0.25, 0.3) is 0 Å². The zero-order valence-corrected chi connectivity index (χ0v) is 9.72. The van der Waals surface area contributed by atoms with Gasteiger partial charge < -0.3 is 0 Å². The summed E-state index contributed by atoms with van der Waals surface area (Å²) in [5.74, 6) is 0.401. The first-order valence-electron chi connectivity index (χ1n) is 5.98.